The van der Waals surface area contributed by atoms with Crippen LogP contribution >= 0.6 is 7.60 Å². The number of cyclic esters (lactones) is 1. The predicted octanol–water partition coefficient (Wildman–Crippen LogP) is 3.17. The summed E-state index contributed by atoms with van der Waals surface area (Å²) in [6.45, 7) is 8.67. The maximum Gasteiger partial charge on any atom is 0.420 e. The lowest BCUT2D eigenvalue weighted by atomic mass is 10.1. The Morgan fingerprint density at radius 1 is 1.39 bits per heavy atom. The molecular weight excluding hydrogens is 325 g/mol. The van der Waals surface area contributed by atoms with Gasteiger partial charge in [-0.25, -0.2) is 14.5 Å². The maximum absolute atomic E-state index is 12.2. The van der Waals surface area contributed by atoms with Gasteiger partial charge in [0, 0.05) is 14.2 Å². The van der Waals surface area contributed by atoms with Crippen molar-refractivity contribution in [3.8, 4) is 0 Å². The Morgan fingerprint density at radius 3 is 2.39 bits per heavy atom. The van der Waals surface area contributed by atoms with Gasteiger partial charge in [-0.2, -0.15) is 0 Å². The smallest absolute Gasteiger partial charge is 0.420 e. The first-order chi connectivity index (χ1) is 10.6. The third-order valence-electron chi connectivity index (χ3n) is 3.22. The molecule has 0 saturated carbocycles. The van der Waals surface area contributed by atoms with Gasteiger partial charge in [0.05, 0.1) is 12.2 Å². The van der Waals surface area contributed by atoms with Crippen LogP contribution in [0.15, 0.2) is 12.7 Å². The van der Waals surface area contributed by atoms with Gasteiger partial charge in [0.1, 0.15) is 11.7 Å². The van der Waals surface area contributed by atoms with E-state index in [1.807, 2.05) is 0 Å². The summed E-state index contributed by atoms with van der Waals surface area (Å²) in [5.74, 6) is 0. The molecule has 0 bridgehead atoms. The SMILES string of the molecule is C=C[C@H]1OC(=O)N(C(=O)OC(C)(C)C)[C@@H]1CCP(=O)(OC)OC. The molecule has 0 spiro atoms. The highest BCUT2D eigenvalue weighted by molar-refractivity contribution is 7.53. The van der Waals surface area contributed by atoms with Crippen molar-refractivity contribution >= 4 is 19.8 Å². The number of hydrogen-bond acceptors (Lipinski definition) is 7. The number of ether oxygens (including phenoxy) is 2. The van der Waals surface area contributed by atoms with Crippen LogP contribution in [0.25, 0.3) is 0 Å². The van der Waals surface area contributed by atoms with Crippen LogP contribution in [0.1, 0.15) is 27.2 Å². The second kappa shape index (κ2) is 7.47. The highest BCUT2D eigenvalue weighted by Gasteiger charge is 2.46. The van der Waals surface area contributed by atoms with E-state index in [2.05, 4.69) is 6.58 Å². The van der Waals surface area contributed by atoms with E-state index in [9.17, 15) is 14.2 Å². The van der Waals surface area contributed by atoms with Crippen molar-refractivity contribution in [1.29, 1.82) is 0 Å². The Morgan fingerprint density at radius 2 is 1.96 bits per heavy atom. The van der Waals surface area contributed by atoms with E-state index in [0.29, 0.717) is 0 Å². The lowest BCUT2D eigenvalue weighted by Crippen LogP contribution is -2.44. The molecule has 0 aliphatic carbocycles. The summed E-state index contributed by atoms with van der Waals surface area (Å²) < 4.78 is 32.2. The Kier molecular flexibility index (Phi) is 6.39. The van der Waals surface area contributed by atoms with Gasteiger partial charge in [0.2, 0.25) is 0 Å². The minimum atomic E-state index is -3.27. The number of rotatable bonds is 6. The predicted molar refractivity (Wildman–Crippen MR) is 83.4 cm³/mol. The van der Waals surface area contributed by atoms with E-state index < -0.39 is 37.5 Å². The number of amides is 2. The van der Waals surface area contributed by atoms with E-state index in [4.69, 9.17) is 18.5 Å². The average molecular weight is 349 g/mol. The minimum absolute atomic E-state index is 0.0188. The van der Waals surface area contributed by atoms with Gasteiger partial charge < -0.3 is 18.5 Å². The van der Waals surface area contributed by atoms with Crippen molar-refractivity contribution in [2.75, 3.05) is 20.4 Å². The molecule has 0 aromatic heterocycles. The van der Waals surface area contributed by atoms with E-state index in [0.717, 1.165) is 4.90 Å². The third kappa shape index (κ3) is 5.06. The van der Waals surface area contributed by atoms with E-state index in [-0.39, 0.29) is 12.6 Å². The van der Waals surface area contributed by atoms with Gasteiger partial charge in [-0.1, -0.05) is 6.58 Å². The molecule has 1 heterocycles. The van der Waals surface area contributed by atoms with E-state index in [1.54, 1.807) is 20.8 Å². The Balaban J connectivity index is 2.93. The molecule has 0 N–H and O–H groups in total. The van der Waals surface area contributed by atoms with Gasteiger partial charge in [0.15, 0.2) is 0 Å². The second-order valence-electron chi connectivity index (χ2n) is 5.99. The topological polar surface area (TPSA) is 91.4 Å². The quantitative estimate of drug-likeness (QED) is 0.537. The minimum Gasteiger partial charge on any atom is -0.443 e. The molecular formula is C14H24NO7P. The molecule has 2 atom stereocenters. The lowest BCUT2D eigenvalue weighted by molar-refractivity contribution is 0.0286. The molecule has 0 aromatic carbocycles. The summed E-state index contributed by atoms with van der Waals surface area (Å²) in [5, 5.41) is 0. The van der Waals surface area contributed by atoms with Crippen LogP contribution in [-0.4, -0.2) is 55.2 Å². The largest absolute Gasteiger partial charge is 0.443 e. The first-order valence-electron chi connectivity index (χ1n) is 7.13. The molecule has 1 aliphatic heterocycles. The summed E-state index contributed by atoms with van der Waals surface area (Å²) in [4.78, 5) is 25.1. The highest BCUT2D eigenvalue weighted by Crippen LogP contribution is 2.47. The van der Waals surface area contributed by atoms with Gasteiger partial charge in [-0.05, 0) is 33.3 Å². The van der Waals surface area contributed by atoms with Crippen molar-refractivity contribution in [1.82, 2.24) is 4.90 Å². The van der Waals surface area contributed by atoms with Crippen molar-refractivity contribution in [2.45, 2.75) is 44.9 Å². The number of carbonyl (C=O) groups is 2. The zero-order chi connectivity index (χ0) is 17.8. The fourth-order valence-electron chi connectivity index (χ4n) is 2.10. The Hall–Kier alpha value is -1.37. The molecule has 132 valence electrons. The van der Waals surface area contributed by atoms with Gasteiger partial charge in [-0.15, -0.1) is 0 Å². The first-order valence-corrected chi connectivity index (χ1v) is 8.85. The summed E-state index contributed by atoms with van der Waals surface area (Å²) in [6.07, 6.45) is -0.749. The number of imide groups is 1. The average Bonchev–Trinajstić information content (AvgIpc) is 2.79. The molecule has 1 rings (SSSR count). The fraction of sp³-hybridized carbons (Fsp3) is 0.714. The van der Waals surface area contributed by atoms with Crippen molar-refractivity contribution in [3.63, 3.8) is 0 Å². The number of carbonyl (C=O) groups excluding carboxylic acids is 2. The zero-order valence-corrected chi connectivity index (χ0v) is 15.0. The van der Waals surface area contributed by atoms with Crippen LogP contribution in [0.2, 0.25) is 0 Å². The van der Waals surface area contributed by atoms with Gasteiger partial charge in [-0.3, -0.25) is 4.57 Å². The molecule has 0 aromatic rings. The zero-order valence-electron chi connectivity index (χ0n) is 14.1. The molecule has 9 heteroatoms. The van der Waals surface area contributed by atoms with Crippen molar-refractivity contribution in [3.05, 3.63) is 12.7 Å². The Bertz CT molecular complexity index is 506. The molecule has 0 radical (unpaired) electrons. The Labute approximate surface area is 136 Å². The normalized spacial score (nSPS) is 22.0. The fourth-order valence-corrected chi connectivity index (χ4v) is 3.20. The molecule has 8 nitrogen and oxygen atoms in total. The van der Waals surface area contributed by atoms with Crippen LogP contribution in [0.3, 0.4) is 0 Å². The molecule has 23 heavy (non-hydrogen) atoms. The number of nitrogens with zero attached hydrogens (tertiary/aromatic N) is 1. The maximum atomic E-state index is 12.2. The molecule has 2 amide bonds. The third-order valence-corrected chi connectivity index (χ3v) is 5.14. The lowest BCUT2D eigenvalue weighted by Gasteiger charge is -2.26. The molecule has 1 saturated heterocycles. The van der Waals surface area contributed by atoms with Crippen LogP contribution in [0.4, 0.5) is 9.59 Å². The van der Waals surface area contributed by atoms with Crippen LogP contribution in [0, 0.1) is 0 Å². The van der Waals surface area contributed by atoms with Gasteiger partial charge in [0.25, 0.3) is 0 Å². The summed E-state index contributed by atoms with van der Waals surface area (Å²) >= 11 is 0. The second-order valence-corrected chi connectivity index (χ2v) is 8.39. The van der Waals surface area contributed by atoms with E-state index in [1.165, 1.54) is 20.3 Å². The summed E-state index contributed by atoms with van der Waals surface area (Å²) in [6, 6.07) is -0.687. The molecule has 1 fully saturated rings. The van der Waals surface area contributed by atoms with Crippen LogP contribution in [0.5, 0.6) is 0 Å². The molecule has 0 unspecified atom stereocenters. The van der Waals surface area contributed by atoms with Crippen LogP contribution in [-0.2, 0) is 23.1 Å². The standard InChI is InChI=1S/C14H24NO7P/c1-7-11-10(8-9-23(18,19-5)20-6)15(12(16)21-11)13(17)22-14(2,3)4/h7,10-11H,1,8-9H2,2-6H3/t10-,11-/m1/s1. The van der Waals surface area contributed by atoms with Crippen molar-refractivity contribution in [2.24, 2.45) is 0 Å². The monoisotopic (exact) mass is 349 g/mol. The first kappa shape index (κ1) is 19.7. The summed E-state index contributed by atoms with van der Waals surface area (Å²) in [5.41, 5.74) is -0.761. The number of hydrogen-bond donors (Lipinski definition) is 0. The van der Waals surface area contributed by atoms with Gasteiger partial charge >= 0.3 is 19.8 Å². The van der Waals surface area contributed by atoms with Crippen LogP contribution < -0.4 is 0 Å². The van der Waals surface area contributed by atoms with Crippen molar-refractivity contribution < 1.29 is 32.7 Å². The molecule has 1 aliphatic rings. The van der Waals surface area contributed by atoms with E-state index >= 15 is 0 Å². The summed E-state index contributed by atoms with van der Waals surface area (Å²) in [7, 11) is -0.718. The highest BCUT2D eigenvalue weighted by atomic mass is 31.2.